The molecule has 0 fully saturated rings. The lowest BCUT2D eigenvalue weighted by molar-refractivity contribution is -0.945. The molecule has 1 aromatic heterocycles. The van der Waals surface area contributed by atoms with Crippen LogP contribution in [0.4, 0.5) is 0 Å². The number of ether oxygens (including phenoxy) is 3. The number of aryl methyl sites for hydroxylation is 1. The Hall–Kier alpha value is -3.77. The highest BCUT2D eigenvalue weighted by atomic mass is 16.5. The normalized spacial score (nSPS) is 15.1. The first-order valence-corrected chi connectivity index (χ1v) is 10.9. The van der Waals surface area contributed by atoms with E-state index in [4.69, 9.17) is 18.6 Å². The summed E-state index contributed by atoms with van der Waals surface area (Å²) < 4.78 is 22.6. The van der Waals surface area contributed by atoms with Gasteiger partial charge < -0.3 is 18.6 Å². The fourth-order valence-corrected chi connectivity index (χ4v) is 4.58. The summed E-state index contributed by atoms with van der Waals surface area (Å²) in [4.78, 5) is 13.6. The summed E-state index contributed by atoms with van der Waals surface area (Å²) in [6.07, 6.45) is 0. The number of quaternary nitrogens is 1. The van der Waals surface area contributed by atoms with Gasteiger partial charge in [0.2, 0.25) is 6.73 Å². The van der Waals surface area contributed by atoms with E-state index in [-0.39, 0.29) is 5.63 Å². The van der Waals surface area contributed by atoms with Crippen molar-refractivity contribution < 1.29 is 23.5 Å². The van der Waals surface area contributed by atoms with Gasteiger partial charge in [-0.15, -0.1) is 0 Å². The van der Waals surface area contributed by atoms with Crippen molar-refractivity contribution in [1.29, 1.82) is 0 Å². The van der Waals surface area contributed by atoms with Crippen molar-refractivity contribution in [3.63, 3.8) is 0 Å². The molecule has 33 heavy (non-hydrogen) atoms. The van der Waals surface area contributed by atoms with Crippen LogP contribution in [0.3, 0.4) is 0 Å². The second kappa shape index (κ2) is 8.64. The summed E-state index contributed by atoms with van der Waals surface area (Å²) in [6, 6.07) is 19.6. The van der Waals surface area contributed by atoms with E-state index in [2.05, 4.69) is 12.1 Å². The highest BCUT2D eigenvalue weighted by Crippen LogP contribution is 2.36. The van der Waals surface area contributed by atoms with Gasteiger partial charge in [-0.25, -0.2) is 4.79 Å². The minimum atomic E-state index is -0.360. The molecular formula is C27H26NO5+. The van der Waals surface area contributed by atoms with Crippen molar-refractivity contribution in [1.82, 2.24) is 0 Å². The van der Waals surface area contributed by atoms with Gasteiger partial charge in [0.15, 0.2) is 11.5 Å². The summed E-state index contributed by atoms with van der Waals surface area (Å²) in [5, 5.41) is 0.924. The lowest BCUT2D eigenvalue weighted by Crippen LogP contribution is -3.10. The predicted octanol–water partition coefficient (Wildman–Crippen LogP) is 3.72. The topological polar surface area (TPSA) is 62.3 Å². The molecule has 0 saturated heterocycles. The van der Waals surface area contributed by atoms with Gasteiger partial charge >= 0.3 is 5.63 Å². The van der Waals surface area contributed by atoms with E-state index in [0.29, 0.717) is 18.1 Å². The van der Waals surface area contributed by atoms with Crippen LogP contribution < -0.4 is 24.7 Å². The van der Waals surface area contributed by atoms with E-state index in [1.807, 2.05) is 49.4 Å². The van der Waals surface area contributed by atoms with Crippen LogP contribution in [0, 0.1) is 6.92 Å². The molecule has 6 heteroatoms. The van der Waals surface area contributed by atoms with Gasteiger partial charge in [0, 0.05) is 28.1 Å². The first-order valence-electron chi connectivity index (χ1n) is 10.9. The highest BCUT2D eigenvalue weighted by molar-refractivity contribution is 5.96. The molecule has 0 radical (unpaired) electrons. The van der Waals surface area contributed by atoms with Crippen LogP contribution in [-0.2, 0) is 13.1 Å². The van der Waals surface area contributed by atoms with Gasteiger partial charge in [0.25, 0.3) is 0 Å². The summed E-state index contributed by atoms with van der Waals surface area (Å²) >= 11 is 0. The Morgan fingerprint density at radius 3 is 2.52 bits per heavy atom. The molecule has 0 bridgehead atoms. The third kappa shape index (κ3) is 3.94. The minimum absolute atomic E-state index is 0.360. The number of benzene rings is 3. The maximum atomic E-state index is 12.3. The van der Waals surface area contributed by atoms with Gasteiger partial charge in [-0.1, -0.05) is 30.3 Å². The van der Waals surface area contributed by atoms with Crippen molar-refractivity contribution in [2.45, 2.75) is 20.0 Å². The summed E-state index contributed by atoms with van der Waals surface area (Å²) in [7, 11) is 3.28. The Morgan fingerprint density at radius 2 is 1.76 bits per heavy atom. The molecule has 0 saturated carbocycles. The zero-order valence-corrected chi connectivity index (χ0v) is 18.9. The molecular weight excluding hydrogens is 418 g/mol. The van der Waals surface area contributed by atoms with Gasteiger partial charge in [-0.3, -0.25) is 4.90 Å². The molecule has 1 aliphatic rings. The Labute approximate surface area is 191 Å². The molecule has 5 rings (SSSR count). The van der Waals surface area contributed by atoms with Crippen molar-refractivity contribution in [3.05, 3.63) is 87.8 Å². The molecule has 0 amide bonds. The van der Waals surface area contributed by atoms with E-state index in [0.717, 1.165) is 57.8 Å². The van der Waals surface area contributed by atoms with Gasteiger partial charge in [-0.05, 0) is 42.3 Å². The van der Waals surface area contributed by atoms with E-state index < -0.39 is 0 Å². The number of methoxy groups -OCH3 is 2. The molecule has 6 nitrogen and oxygen atoms in total. The number of hydrogen-bond acceptors (Lipinski definition) is 5. The van der Waals surface area contributed by atoms with Crippen LogP contribution in [-0.4, -0.2) is 21.0 Å². The van der Waals surface area contributed by atoms with Crippen molar-refractivity contribution in [3.8, 4) is 28.4 Å². The molecule has 3 aromatic carbocycles. The maximum Gasteiger partial charge on any atom is 0.336 e. The maximum absolute atomic E-state index is 12.3. The third-order valence-corrected chi connectivity index (χ3v) is 6.14. The minimum Gasteiger partial charge on any atom is -0.493 e. The lowest BCUT2D eigenvalue weighted by Gasteiger charge is -2.28. The molecule has 1 atom stereocenters. The summed E-state index contributed by atoms with van der Waals surface area (Å²) in [6.45, 7) is 4.06. The molecule has 0 aliphatic carbocycles. The molecule has 1 aliphatic heterocycles. The Bertz CT molecular complexity index is 1380. The molecule has 0 spiro atoms. The van der Waals surface area contributed by atoms with Crippen LogP contribution in [0.15, 0.2) is 69.9 Å². The van der Waals surface area contributed by atoms with E-state index in [9.17, 15) is 4.79 Å². The molecule has 4 aromatic rings. The predicted molar refractivity (Wildman–Crippen MR) is 126 cm³/mol. The van der Waals surface area contributed by atoms with Crippen LogP contribution in [0.2, 0.25) is 0 Å². The van der Waals surface area contributed by atoms with Gasteiger partial charge in [0.05, 0.1) is 14.2 Å². The number of fused-ring (bicyclic) bond motifs is 2. The monoisotopic (exact) mass is 444 g/mol. The quantitative estimate of drug-likeness (QED) is 0.476. The van der Waals surface area contributed by atoms with Crippen LogP contribution in [0.1, 0.15) is 16.7 Å². The Kier molecular flexibility index (Phi) is 5.52. The van der Waals surface area contributed by atoms with Crippen LogP contribution in [0.25, 0.3) is 22.1 Å². The Balaban J connectivity index is 1.52. The molecule has 1 N–H and O–H groups in total. The van der Waals surface area contributed by atoms with Crippen LogP contribution in [0.5, 0.6) is 17.2 Å². The first kappa shape index (κ1) is 21.1. The molecule has 2 heterocycles. The van der Waals surface area contributed by atoms with Crippen molar-refractivity contribution in [2.24, 2.45) is 0 Å². The molecule has 1 unspecified atom stereocenters. The standard InChI is InChI=1S/C27H25NO5/c1-17-26-20(12-22-21(13-25(29)33-27(17)22)19-7-5-4-6-8-19)15-28(16-32-26)14-18-9-10-23(30-2)24(11-18)31-3/h4-13H,14-16H2,1-3H3/p+1. The SMILES string of the molecule is COc1ccc(C[NH+]2COc3c(cc4c(-c5ccccc5)cc(=O)oc4c3C)C2)cc1OC. The average Bonchev–Trinajstić information content (AvgIpc) is 2.84. The zero-order chi connectivity index (χ0) is 22.9. The number of rotatable bonds is 5. The smallest absolute Gasteiger partial charge is 0.336 e. The van der Waals surface area contributed by atoms with Gasteiger partial charge in [0.1, 0.15) is 24.4 Å². The van der Waals surface area contributed by atoms with E-state index in [1.165, 1.54) is 4.90 Å². The van der Waals surface area contributed by atoms with E-state index >= 15 is 0 Å². The summed E-state index contributed by atoms with van der Waals surface area (Å²) in [5.41, 5.74) is 5.20. The fourth-order valence-electron chi connectivity index (χ4n) is 4.58. The van der Waals surface area contributed by atoms with E-state index in [1.54, 1.807) is 20.3 Å². The summed E-state index contributed by atoms with van der Waals surface area (Å²) in [5.74, 6) is 2.25. The highest BCUT2D eigenvalue weighted by Gasteiger charge is 2.26. The second-order valence-corrected chi connectivity index (χ2v) is 8.29. The largest absolute Gasteiger partial charge is 0.493 e. The third-order valence-electron chi connectivity index (χ3n) is 6.14. The molecule has 168 valence electrons. The number of hydrogen-bond donors (Lipinski definition) is 1. The van der Waals surface area contributed by atoms with Crippen molar-refractivity contribution >= 4 is 11.0 Å². The zero-order valence-electron chi connectivity index (χ0n) is 18.9. The first-order chi connectivity index (χ1) is 16.1. The van der Waals surface area contributed by atoms with Gasteiger partial charge in [-0.2, -0.15) is 0 Å². The number of nitrogens with one attached hydrogen (secondary N) is 1. The van der Waals surface area contributed by atoms with Crippen LogP contribution >= 0.6 is 0 Å². The van der Waals surface area contributed by atoms with Crippen molar-refractivity contribution in [2.75, 3.05) is 21.0 Å². The lowest BCUT2D eigenvalue weighted by atomic mass is 9.97. The average molecular weight is 445 g/mol. The fraction of sp³-hybridized carbons (Fsp3) is 0.222. The Morgan fingerprint density at radius 1 is 0.970 bits per heavy atom. The second-order valence-electron chi connectivity index (χ2n) is 8.29.